The van der Waals surface area contributed by atoms with E-state index in [2.05, 4.69) is 18.8 Å². The second kappa shape index (κ2) is 13.3. The van der Waals surface area contributed by atoms with Crippen molar-refractivity contribution < 1.29 is 17.8 Å². The van der Waals surface area contributed by atoms with Crippen LogP contribution >= 0.6 is 0 Å². The molecule has 1 amide bonds. The monoisotopic (exact) mass is 375 g/mol. The first kappa shape index (κ1) is 24.1. The molecule has 0 aliphatic carbocycles. The van der Waals surface area contributed by atoms with Crippen LogP contribution in [-0.2, 0) is 14.9 Å². The molecule has 0 saturated heterocycles. The number of rotatable bonds is 16. The fraction of sp³-hybridized carbons (Fsp3) is 0.842. The first-order chi connectivity index (χ1) is 11.8. The maximum atomic E-state index is 11.5. The SMILES string of the molecule is C=CC(=O)NC(C)(CCCCCCCCCCCCCC)S(=O)(=O)O. The molecule has 0 heterocycles. The number of nitrogens with one attached hydrogen (secondary N) is 1. The van der Waals surface area contributed by atoms with Crippen LogP contribution in [0.4, 0.5) is 0 Å². The lowest BCUT2D eigenvalue weighted by Gasteiger charge is -2.27. The first-order valence-electron chi connectivity index (χ1n) is 9.68. The van der Waals surface area contributed by atoms with Crippen LogP contribution in [0.5, 0.6) is 0 Å². The van der Waals surface area contributed by atoms with E-state index in [1.807, 2.05) is 0 Å². The number of amides is 1. The molecule has 1 unspecified atom stereocenters. The predicted octanol–water partition coefficient (Wildman–Crippen LogP) is 4.98. The zero-order valence-electron chi connectivity index (χ0n) is 16.1. The highest BCUT2D eigenvalue weighted by Gasteiger charge is 2.38. The summed E-state index contributed by atoms with van der Waals surface area (Å²) in [5.41, 5.74) is 0. The van der Waals surface area contributed by atoms with E-state index in [-0.39, 0.29) is 6.42 Å². The van der Waals surface area contributed by atoms with Gasteiger partial charge in [0.2, 0.25) is 5.91 Å². The summed E-state index contributed by atoms with van der Waals surface area (Å²) in [5, 5.41) is 2.33. The van der Waals surface area contributed by atoms with E-state index in [0.29, 0.717) is 6.42 Å². The third-order valence-corrected chi connectivity index (χ3v) is 6.09. The van der Waals surface area contributed by atoms with Gasteiger partial charge in [-0.25, -0.2) is 0 Å². The molecule has 5 nitrogen and oxygen atoms in total. The van der Waals surface area contributed by atoms with Gasteiger partial charge in [0.05, 0.1) is 0 Å². The lowest BCUT2D eigenvalue weighted by Crippen LogP contribution is -2.51. The van der Waals surface area contributed by atoms with Gasteiger partial charge in [0.15, 0.2) is 4.87 Å². The standard InChI is InChI=1S/C19H37NO4S/c1-4-6-7-8-9-10-11-12-13-14-15-16-17-19(3,25(22,23)24)20-18(21)5-2/h5H,2,4,6-17H2,1,3H3,(H,20,21)(H,22,23,24). The van der Waals surface area contributed by atoms with Gasteiger partial charge in [0.25, 0.3) is 10.1 Å². The molecule has 25 heavy (non-hydrogen) atoms. The van der Waals surface area contributed by atoms with Crippen molar-refractivity contribution in [3.63, 3.8) is 0 Å². The summed E-state index contributed by atoms with van der Waals surface area (Å²) in [6.45, 7) is 6.87. The average Bonchev–Trinajstić information content (AvgIpc) is 2.54. The maximum Gasteiger partial charge on any atom is 0.288 e. The van der Waals surface area contributed by atoms with Crippen molar-refractivity contribution in [2.45, 2.75) is 102 Å². The fourth-order valence-electron chi connectivity index (χ4n) is 2.87. The molecule has 0 aromatic heterocycles. The van der Waals surface area contributed by atoms with E-state index in [1.54, 1.807) is 0 Å². The Labute approximate surface area is 154 Å². The van der Waals surface area contributed by atoms with Crippen molar-refractivity contribution in [3.05, 3.63) is 12.7 Å². The second-order valence-corrected chi connectivity index (χ2v) is 8.89. The molecule has 0 bridgehead atoms. The van der Waals surface area contributed by atoms with Gasteiger partial charge in [-0.05, 0) is 25.8 Å². The predicted molar refractivity (Wildman–Crippen MR) is 104 cm³/mol. The highest BCUT2D eigenvalue weighted by Crippen LogP contribution is 2.21. The number of carbonyl (C=O) groups excluding carboxylic acids is 1. The fourth-order valence-corrected chi connectivity index (χ4v) is 3.50. The first-order valence-corrected chi connectivity index (χ1v) is 11.1. The lowest BCUT2D eigenvalue weighted by molar-refractivity contribution is -0.117. The van der Waals surface area contributed by atoms with Crippen LogP contribution in [0.15, 0.2) is 12.7 Å². The number of hydrogen-bond donors (Lipinski definition) is 2. The summed E-state index contributed by atoms with van der Waals surface area (Å²) >= 11 is 0. The highest BCUT2D eigenvalue weighted by atomic mass is 32.2. The van der Waals surface area contributed by atoms with E-state index < -0.39 is 20.9 Å². The molecule has 0 radical (unpaired) electrons. The summed E-state index contributed by atoms with van der Waals surface area (Å²) in [6.07, 6.45) is 15.4. The van der Waals surface area contributed by atoms with Gasteiger partial charge in [0, 0.05) is 0 Å². The van der Waals surface area contributed by atoms with Gasteiger partial charge < -0.3 is 5.32 Å². The normalized spacial score (nSPS) is 14.0. The number of unbranched alkanes of at least 4 members (excludes halogenated alkanes) is 11. The summed E-state index contributed by atoms with van der Waals surface area (Å²) in [4.78, 5) is 9.75. The van der Waals surface area contributed by atoms with Crippen LogP contribution in [0.25, 0.3) is 0 Å². The van der Waals surface area contributed by atoms with Crippen molar-refractivity contribution in [2.24, 2.45) is 0 Å². The summed E-state index contributed by atoms with van der Waals surface area (Å²) < 4.78 is 32.5. The van der Waals surface area contributed by atoms with Gasteiger partial charge in [-0.2, -0.15) is 8.42 Å². The lowest BCUT2D eigenvalue weighted by atomic mass is 10.0. The summed E-state index contributed by atoms with van der Waals surface area (Å²) in [5.74, 6) is -0.598. The second-order valence-electron chi connectivity index (χ2n) is 7.04. The number of carbonyl (C=O) groups is 1. The molecule has 0 aromatic carbocycles. The van der Waals surface area contributed by atoms with Crippen LogP contribution in [0.2, 0.25) is 0 Å². The summed E-state index contributed by atoms with van der Waals surface area (Å²) in [6, 6.07) is 0. The van der Waals surface area contributed by atoms with E-state index >= 15 is 0 Å². The Bertz CT molecular complexity index is 476. The highest BCUT2D eigenvalue weighted by molar-refractivity contribution is 7.87. The van der Waals surface area contributed by atoms with Gasteiger partial charge in [-0.15, -0.1) is 0 Å². The Hall–Kier alpha value is -0.880. The summed E-state index contributed by atoms with van der Waals surface area (Å²) in [7, 11) is -4.36. The van der Waals surface area contributed by atoms with E-state index in [0.717, 1.165) is 25.3 Å². The molecule has 0 fully saturated rings. The Balaban J connectivity index is 3.83. The van der Waals surface area contributed by atoms with Crippen molar-refractivity contribution in [3.8, 4) is 0 Å². The largest absolute Gasteiger partial charge is 0.332 e. The topological polar surface area (TPSA) is 83.5 Å². The van der Waals surface area contributed by atoms with Crippen LogP contribution in [0, 0.1) is 0 Å². The maximum absolute atomic E-state index is 11.5. The molecule has 0 aliphatic heterocycles. The number of hydrogen-bond acceptors (Lipinski definition) is 3. The molecule has 6 heteroatoms. The van der Waals surface area contributed by atoms with Crippen LogP contribution in [0.1, 0.15) is 97.3 Å². The third kappa shape index (κ3) is 11.4. The van der Waals surface area contributed by atoms with Gasteiger partial charge >= 0.3 is 0 Å². The van der Waals surface area contributed by atoms with E-state index in [4.69, 9.17) is 0 Å². The van der Waals surface area contributed by atoms with Gasteiger partial charge in [-0.1, -0.05) is 84.1 Å². The van der Waals surface area contributed by atoms with Crippen molar-refractivity contribution >= 4 is 16.0 Å². The van der Waals surface area contributed by atoms with Crippen LogP contribution in [-0.4, -0.2) is 23.7 Å². The molecular formula is C19H37NO4S. The molecule has 2 N–H and O–H groups in total. The zero-order valence-corrected chi connectivity index (χ0v) is 16.9. The minimum Gasteiger partial charge on any atom is -0.332 e. The minimum absolute atomic E-state index is 0.197. The minimum atomic E-state index is -4.36. The molecule has 0 aromatic rings. The Morgan fingerprint density at radius 3 is 1.72 bits per heavy atom. The van der Waals surface area contributed by atoms with Crippen LogP contribution in [0.3, 0.4) is 0 Å². The third-order valence-electron chi connectivity index (χ3n) is 4.65. The molecule has 0 saturated carbocycles. The molecular weight excluding hydrogens is 338 g/mol. The van der Waals surface area contributed by atoms with E-state index in [1.165, 1.54) is 58.3 Å². The van der Waals surface area contributed by atoms with Crippen LogP contribution < -0.4 is 5.32 Å². The van der Waals surface area contributed by atoms with Gasteiger partial charge in [-0.3, -0.25) is 9.35 Å². The molecule has 0 rings (SSSR count). The molecule has 1 atom stereocenters. The quantitative estimate of drug-likeness (QED) is 0.226. The molecule has 0 aliphatic rings. The van der Waals surface area contributed by atoms with Crippen molar-refractivity contribution in [1.29, 1.82) is 0 Å². The Kier molecular flexibility index (Phi) is 12.9. The van der Waals surface area contributed by atoms with Crippen molar-refractivity contribution in [1.82, 2.24) is 5.32 Å². The van der Waals surface area contributed by atoms with Crippen molar-refractivity contribution in [2.75, 3.05) is 0 Å². The Morgan fingerprint density at radius 2 is 1.36 bits per heavy atom. The smallest absolute Gasteiger partial charge is 0.288 e. The zero-order chi connectivity index (χ0) is 19.2. The average molecular weight is 376 g/mol. The van der Waals surface area contributed by atoms with E-state index in [9.17, 15) is 17.8 Å². The Morgan fingerprint density at radius 1 is 0.960 bits per heavy atom. The molecule has 148 valence electrons. The molecule has 0 spiro atoms. The van der Waals surface area contributed by atoms with Gasteiger partial charge in [0.1, 0.15) is 0 Å².